The smallest absolute Gasteiger partial charge is 0.339 e. The molecule has 1 atom stereocenters. The molecule has 1 aliphatic heterocycles. The number of rotatable bonds is 11. The molecule has 1 fully saturated rings. The van der Waals surface area contributed by atoms with Crippen molar-refractivity contribution in [2.24, 2.45) is 0 Å². The van der Waals surface area contributed by atoms with Gasteiger partial charge in [-0.15, -0.1) is 0 Å². The number of halogens is 3. The van der Waals surface area contributed by atoms with Gasteiger partial charge in [-0.25, -0.2) is 0 Å². The van der Waals surface area contributed by atoms with Crippen LogP contribution in [0.5, 0.6) is 0 Å². The van der Waals surface area contributed by atoms with E-state index >= 15 is 0 Å². The van der Waals surface area contributed by atoms with Crippen LogP contribution in [0.25, 0.3) is 11.4 Å². The number of nitrogens with one attached hydrogen (secondary N) is 1. The number of nitrogens with zero attached hydrogens (tertiary/aromatic N) is 2. The first-order valence-electron chi connectivity index (χ1n) is 11.7. The Morgan fingerprint density at radius 3 is 2.48 bits per heavy atom. The van der Waals surface area contributed by atoms with Crippen molar-refractivity contribution in [1.29, 1.82) is 0 Å². The topological polar surface area (TPSA) is 51.0 Å². The molecule has 31 heavy (non-hydrogen) atoms. The van der Waals surface area contributed by atoms with Gasteiger partial charge < -0.3 is 9.84 Å². The second kappa shape index (κ2) is 11.7. The van der Waals surface area contributed by atoms with Crippen molar-refractivity contribution >= 4 is 0 Å². The Morgan fingerprint density at radius 2 is 1.81 bits per heavy atom. The van der Waals surface area contributed by atoms with Crippen molar-refractivity contribution in [2.45, 2.75) is 89.6 Å². The van der Waals surface area contributed by atoms with Crippen molar-refractivity contribution in [3.05, 3.63) is 35.2 Å². The number of hydrogen-bond acceptors (Lipinski definition) is 4. The predicted molar refractivity (Wildman–Crippen MR) is 116 cm³/mol. The molecule has 0 amide bonds. The highest BCUT2D eigenvalue weighted by Crippen LogP contribution is 2.35. The highest BCUT2D eigenvalue weighted by Gasteiger charge is 2.34. The van der Waals surface area contributed by atoms with Crippen LogP contribution in [-0.4, -0.2) is 23.2 Å². The molecule has 1 aromatic heterocycles. The Labute approximate surface area is 183 Å². The van der Waals surface area contributed by atoms with E-state index in [1.54, 1.807) is 12.1 Å². The molecule has 4 nitrogen and oxygen atoms in total. The number of benzene rings is 1. The van der Waals surface area contributed by atoms with Crippen LogP contribution in [0.2, 0.25) is 0 Å². The summed E-state index contributed by atoms with van der Waals surface area (Å²) in [6.07, 6.45) is 6.97. The number of aromatic nitrogens is 2. The average molecular weight is 438 g/mol. The maximum atomic E-state index is 13.7. The molecular weight excluding hydrogens is 403 g/mol. The fourth-order valence-corrected chi connectivity index (χ4v) is 4.23. The summed E-state index contributed by atoms with van der Waals surface area (Å²) in [6, 6.07) is 4.44. The van der Waals surface area contributed by atoms with Gasteiger partial charge in [-0.2, -0.15) is 18.2 Å². The first-order valence-corrected chi connectivity index (χ1v) is 11.7. The minimum atomic E-state index is -4.40. The highest BCUT2D eigenvalue weighted by atomic mass is 19.4. The summed E-state index contributed by atoms with van der Waals surface area (Å²) in [7, 11) is 0. The molecule has 1 aliphatic rings. The molecule has 0 unspecified atom stereocenters. The van der Waals surface area contributed by atoms with Crippen LogP contribution in [0.3, 0.4) is 0 Å². The molecule has 2 aromatic rings. The van der Waals surface area contributed by atoms with Crippen LogP contribution in [-0.2, 0) is 12.6 Å². The van der Waals surface area contributed by atoms with E-state index in [0.29, 0.717) is 23.4 Å². The maximum Gasteiger partial charge on any atom is 0.416 e. The van der Waals surface area contributed by atoms with E-state index in [1.807, 2.05) is 0 Å². The molecule has 7 heteroatoms. The highest BCUT2D eigenvalue weighted by molar-refractivity contribution is 5.57. The van der Waals surface area contributed by atoms with Crippen molar-refractivity contribution < 1.29 is 17.7 Å². The minimum absolute atomic E-state index is 0.123. The molecule has 1 N–H and O–H groups in total. The quantitative estimate of drug-likeness (QED) is 0.388. The summed E-state index contributed by atoms with van der Waals surface area (Å²) in [5.74, 6) is 0.849. The van der Waals surface area contributed by atoms with E-state index < -0.39 is 11.7 Å². The summed E-state index contributed by atoms with van der Waals surface area (Å²) in [5, 5.41) is 7.23. The largest absolute Gasteiger partial charge is 0.416 e. The summed E-state index contributed by atoms with van der Waals surface area (Å²) in [5.41, 5.74) is 0.117. The Hall–Kier alpha value is -1.89. The van der Waals surface area contributed by atoms with Crippen molar-refractivity contribution in [2.75, 3.05) is 13.1 Å². The Bertz CT molecular complexity index is 798. The van der Waals surface area contributed by atoms with Crippen LogP contribution in [0, 0.1) is 0 Å². The standard InChI is InChI=1S/C24H34F3N3O/c1-2-3-4-5-6-7-8-9-11-18-13-14-19(16-21(18)24(25,26)27)22-29-23(31-30-22)20-12-10-15-28-17-20/h13-14,16,20,28H,2-12,15,17H2,1H3/t20-/m1/s1. The number of unbranched alkanes of at least 4 members (excludes halogenated alkanes) is 7. The van der Waals surface area contributed by atoms with Gasteiger partial charge in [0.15, 0.2) is 0 Å². The monoisotopic (exact) mass is 437 g/mol. The van der Waals surface area contributed by atoms with E-state index in [-0.39, 0.29) is 11.7 Å². The number of hydrogen-bond donors (Lipinski definition) is 1. The van der Waals surface area contributed by atoms with E-state index in [0.717, 1.165) is 45.2 Å². The van der Waals surface area contributed by atoms with Gasteiger partial charge in [0, 0.05) is 12.1 Å². The van der Waals surface area contributed by atoms with Gasteiger partial charge in [0.25, 0.3) is 0 Å². The zero-order chi connectivity index (χ0) is 22.1. The van der Waals surface area contributed by atoms with E-state index in [1.165, 1.54) is 38.2 Å². The SMILES string of the molecule is CCCCCCCCCCc1ccc(-c2noc([C@@H]3CCCNC3)n2)cc1C(F)(F)F. The number of aryl methyl sites for hydroxylation is 1. The molecule has 0 aliphatic carbocycles. The fourth-order valence-electron chi connectivity index (χ4n) is 4.23. The fraction of sp³-hybridized carbons (Fsp3) is 0.667. The van der Waals surface area contributed by atoms with Gasteiger partial charge >= 0.3 is 6.18 Å². The van der Waals surface area contributed by atoms with Gasteiger partial charge in [0.2, 0.25) is 11.7 Å². The third-order valence-corrected chi connectivity index (χ3v) is 6.06. The number of alkyl halides is 3. The van der Waals surface area contributed by atoms with Gasteiger partial charge in [-0.1, -0.05) is 69.2 Å². The minimum Gasteiger partial charge on any atom is -0.339 e. The predicted octanol–water partition coefficient (Wildman–Crippen LogP) is 6.91. The van der Waals surface area contributed by atoms with E-state index in [2.05, 4.69) is 22.4 Å². The maximum absolute atomic E-state index is 13.7. The van der Waals surface area contributed by atoms with Crippen LogP contribution >= 0.6 is 0 Å². The third kappa shape index (κ3) is 7.06. The van der Waals surface area contributed by atoms with E-state index in [4.69, 9.17) is 4.52 Å². The Kier molecular flexibility index (Phi) is 8.93. The van der Waals surface area contributed by atoms with Crippen molar-refractivity contribution in [1.82, 2.24) is 15.5 Å². The van der Waals surface area contributed by atoms with Gasteiger partial charge in [-0.05, 0) is 43.9 Å². The lowest BCUT2D eigenvalue weighted by Gasteiger charge is -2.18. The molecule has 172 valence electrons. The average Bonchev–Trinajstić information content (AvgIpc) is 3.26. The first kappa shape index (κ1) is 23.8. The van der Waals surface area contributed by atoms with E-state index in [9.17, 15) is 13.2 Å². The van der Waals surface area contributed by atoms with Crippen molar-refractivity contribution in [3.63, 3.8) is 0 Å². The zero-order valence-electron chi connectivity index (χ0n) is 18.4. The van der Waals surface area contributed by atoms with Crippen LogP contribution < -0.4 is 5.32 Å². The first-order chi connectivity index (χ1) is 15.0. The van der Waals surface area contributed by atoms with Crippen LogP contribution in [0.1, 0.15) is 94.1 Å². The number of piperidine rings is 1. The molecule has 0 spiro atoms. The molecule has 0 bridgehead atoms. The lowest BCUT2D eigenvalue weighted by atomic mass is 9.97. The molecule has 3 rings (SSSR count). The summed E-state index contributed by atoms with van der Waals surface area (Å²) < 4.78 is 46.5. The summed E-state index contributed by atoms with van der Waals surface area (Å²) in [6.45, 7) is 3.91. The lowest BCUT2D eigenvalue weighted by Crippen LogP contribution is -2.28. The Morgan fingerprint density at radius 1 is 1.06 bits per heavy atom. The molecule has 1 saturated heterocycles. The van der Waals surface area contributed by atoms with Gasteiger partial charge in [0.05, 0.1) is 11.5 Å². The molecule has 1 aromatic carbocycles. The summed E-state index contributed by atoms with van der Waals surface area (Å²) in [4.78, 5) is 4.39. The van der Waals surface area contributed by atoms with Gasteiger partial charge in [-0.3, -0.25) is 0 Å². The van der Waals surface area contributed by atoms with Crippen molar-refractivity contribution in [3.8, 4) is 11.4 Å². The second-order valence-corrected chi connectivity index (χ2v) is 8.59. The zero-order valence-corrected chi connectivity index (χ0v) is 18.4. The molecular formula is C24H34F3N3O. The van der Waals surface area contributed by atoms with Crippen LogP contribution in [0.15, 0.2) is 22.7 Å². The normalized spacial score (nSPS) is 17.2. The lowest BCUT2D eigenvalue weighted by molar-refractivity contribution is -0.138. The molecule has 2 heterocycles. The van der Waals surface area contributed by atoms with Crippen LogP contribution in [0.4, 0.5) is 13.2 Å². The third-order valence-electron chi connectivity index (χ3n) is 6.06. The second-order valence-electron chi connectivity index (χ2n) is 8.59. The Balaban J connectivity index is 1.62. The molecule has 0 radical (unpaired) electrons. The van der Waals surface area contributed by atoms with Gasteiger partial charge in [0.1, 0.15) is 0 Å². The summed E-state index contributed by atoms with van der Waals surface area (Å²) >= 11 is 0. The molecule has 0 saturated carbocycles.